The third-order valence-corrected chi connectivity index (χ3v) is 10.3. The average Bonchev–Trinajstić information content (AvgIpc) is 2.80. The first kappa shape index (κ1) is 20.6. The Bertz CT molecular complexity index is 526. The Morgan fingerprint density at radius 1 is 1.12 bits per heavy atom. The molecule has 1 aliphatic carbocycles. The van der Waals surface area contributed by atoms with E-state index in [1.165, 1.54) is 0 Å². The molecule has 0 saturated heterocycles. The van der Waals surface area contributed by atoms with E-state index in [2.05, 4.69) is 33.9 Å². The van der Waals surface area contributed by atoms with Gasteiger partial charge in [0.05, 0.1) is 24.9 Å². The van der Waals surface area contributed by atoms with Gasteiger partial charge >= 0.3 is 0 Å². The van der Waals surface area contributed by atoms with E-state index in [4.69, 9.17) is 9.16 Å². The maximum Gasteiger partial charge on any atom is 0.191 e. The highest BCUT2D eigenvalue weighted by molar-refractivity contribution is 6.74. The summed E-state index contributed by atoms with van der Waals surface area (Å²) in [6, 6.07) is 10.0. The van der Waals surface area contributed by atoms with Crippen LogP contribution in [0.25, 0.3) is 0 Å². The van der Waals surface area contributed by atoms with Gasteiger partial charge in [0, 0.05) is 18.9 Å². The zero-order chi connectivity index (χ0) is 18.7. The third-order valence-electron chi connectivity index (χ3n) is 5.81. The number of ether oxygens (including phenoxy) is 1. The molecule has 0 bridgehead atoms. The minimum absolute atomic E-state index is 0.0801. The maximum atomic E-state index is 10.3. The number of aliphatic hydroxyl groups excluding tert-OH is 2. The molecule has 1 aromatic rings. The van der Waals surface area contributed by atoms with E-state index in [1.54, 1.807) is 0 Å². The lowest BCUT2D eigenvalue weighted by atomic mass is 10.00. The van der Waals surface area contributed by atoms with Crippen molar-refractivity contribution in [3.05, 3.63) is 35.9 Å². The predicted molar refractivity (Wildman–Crippen MR) is 103 cm³/mol. The Morgan fingerprint density at radius 3 is 2.36 bits per heavy atom. The van der Waals surface area contributed by atoms with Gasteiger partial charge < -0.3 is 19.4 Å². The summed E-state index contributed by atoms with van der Waals surface area (Å²) in [6.07, 6.45) is -0.376. The van der Waals surface area contributed by atoms with E-state index in [-0.39, 0.29) is 17.1 Å². The number of hydrogen-bond donors (Lipinski definition) is 2. The molecule has 4 atom stereocenters. The fourth-order valence-corrected chi connectivity index (χ4v) is 4.11. The lowest BCUT2D eigenvalue weighted by Crippen LogP contribution is -2.41. The second-order valence-corrected chi connectivity index (χ2v) is 13.5. The van der Waals surface area contributed by atoms with Crippen molar-refractivity contribution >= 4 is 8.32 Å². The Balaban J connectivity index is 1.89. The molecule has 1 fully saturated rings. The molecule has 0 aliphatic heterocycles. The molecule has 1 aromatic carbocycles. The molecular weight excluding hydrogens is 332 g/mol. The van der Waals surface area contributed by atoms with Crippen LogP contribution in [0.5, 0.6) is 0 Å². The van der Waals surface area contributed by atoms with Crippen molar-refractivity contribution in [2.75, 3.05) is 6.61 Å². The van der Waals surface area contributed by atoms with Crippen LogP contribution in [0, 0.1) is 5.92 Å². The molecule has 2 rings (SSSR count). The molecule has 25 heavy (non-hydrogen) atoms. The van der Waals surface area contributed by atoms with Gasteiger partial charge in [0.1, 0.15) is 0 Å². The summed E-state index contributed by atoms with van der Waals surface area (Å²) in [7, 11) is -1.79. The van der Waals surface area contributed by atoms with Crippen molar-refractivity contribution in [3.8, 4) is 0 Å². The van der Waals surface area contributed by atoms with Crippen molar-refractivity contribution in [2.45, 2.75) is 76.7 Å². The van der Waals surface area contributed by atoms with Gasteiger partial charge in [-0.15, -0.1) is 0 Å². The Kier molecular flexibility index (Phi) is 6.85. The van der Waals surface area contributed by atoms with Crippen molar-refractivity contribution in [1.29, 1.82) is 0 Å². The van der Waals surface area contributed by atoms with Crippen molar-refractivity contribution < 1.29 is 19.4 Å². The first-order valence-electron chi connectivity index (χ1n) is 9.27. The highest BCUT2D eigenvalue weighted by atomic mass is 28.4. The lowest BCUT2D eigenvalue weighted by molar-refractivity contribution is -0.0203. The number of aliphatic hydroxyl groups is 2. The van der Waals surface area contributed by atoms with Gasteiger partial charge in [-0.25, -0.2) is 0 Å². The Labute approximate surface area is 153 Å². The van der Waals surface area contributed by atoms with Crippen LogP contribution in [0.1, 0.15) is 39.2 Å². The summed E-state index contributed by atoms with van der Waals surface area (Å²) in [5.74, 6) is -0.0801. The first-order chi connectivity index (χ1) is 11.6. The third kappa shape index (κ3) is 5.38. The fraction of sp³-hybridized carbons (Fsp3) is 0.700. The van der Waals surface area contributed by atoms with Crippen LogP contribution in [-0.4, -0.2) is 43.4 Å². The molecule has 0 radical (unpaired) electrons. The minimum atomic E-state index is -1.79. The van der Waals surface area contributed by atoms with Gasteiger partial charge in [-0.2, -0.15) is 0 Å². The molecule has 0 amide bonds. The summed E-state index contributed by atoms with van der Waals surface area (Å²) in [4.78, 5) is 0. The Hall–Kier alpha value is -0.723. The first-order valence-corrected chi connectivity index (χ1v) is 12.2. The van der Waals surface area contributed by atoms with Crippen LogP contribution < -0.4 is 0 Å². The molecule has 5 heteroatoms. The van der Waals surface area contributed by atoms with E-state index in [0.29, 0.717) is 26.1 Å². The minimum Gasteiger partial charge on any atom is -0.417 e. The molecule has 1 saturated carbocycles. The largest absolute Gasteiger partial charge is 0.417 e. The molecule has 2 N–H and O–H groups in total. The highest BCUT2D eigenvalue weighted by Gasteiger charge is 2.43. The molecule has 142 valence electrons. The number of rotatable bonds is 7. The van der Waals surface area contributed by atoms with Crippen LogP contribution in [0.4, 0.5) is 0 Å². The summed E-state index contributed by atoms with van der Waals surface area (Å²) in [5.41, 5.74) is 1.11. The van der Waals surface area contributed by atoms with E-state index < -0.39 is 20.5 Å². The normalized spacial score (nSPS) is 27.6. The van der Waals surface area contributed by atoms with E-state index in [0.717, 1.165) is 5.56 Å². The number of hydrogen-bond acceptors (Lipinski definition) is 4. The SMILES string of the molecule is CC(C)(C)[Si](C)(C)OCCC1C(OCc2ccccc2)CC(O)C1O. The van der Waals surface area contributed by atoms with Gasteiger partial charge in [0.2, 0.25) is 0 Å². The molecule has 0 aromatic heterocycles. The predicted octanol–water partition coefficient (Wildman–Crippen LogP) is 3.73. The van der Waals surface area contributed by atoms with Crippen molar-refractivity contribution in [1.82, 2.24) is 0 Å². The van der Waals surface area contributed by atoms with Crippen molar-refractivity contribution in [2.24, 2.45) is 5.92 Å². The summed E-state index contributed by atoms with van der Waals surface area (Å²) < 4.78 is 12.3. The van der Waals surface area contributed by atoms with Gasteiger partial charge in [0.25, 0.3) is 0 Å². The van der Waals surface area contributed by atoms with Crippen LogP contribution in [0.15, 0.2) is 30.3 Å². The molecule has 4 unspecified atom stereocenters. The standard InChI is InChI=1S/C20H34O4Si/c1-20(2,3)25(4,5)24-12-11-16-18(13-17(21)19(16)22)23-14-15-9-7-6-8-10-15/h6-10,16-19,21-22H,11-14H2,1-5H3. The number of benzene rings is 1. The van der Waals surface area contributed by atoms with Gasteiger partial charge in [-0.3, -0.25) is 0 Å². The summed E-state index contributed by atoms with van der Waals surface area (Å²) in [6.45, 7) is 12.2. The fourth-order valence-electron chi connectivity index (χ4n) is 3.05. The molecule has 0 spiro atoms. The topological polar surface area (TPSA) is 58.9 Å². The highest BCUT2D eigenvalue weighted by Crippen LogP contribution is 2.38. The zero-order valence-corrected chi connectivity index (χ0v) is 17.2. The van der Waals surface area contributed by atoms with Gasteiger partial charge in [-0.1, -0.05) is 51.1 Å². The van der Waals surface area contributed by atoms with Crippen LogP contribution >= 0.6 is 0 Å². The van der Waals surface area contributed by atoms with E-state index >= 15 is 0 Å². The zero-order valence-electron chi connectivity index (χ0n) is 16.2. The molecule has 1 aliphatic rings. The average molecular weight is 367 g/mol. The summed E-state index contributed by atoms with van der Waals surface area (Å²) in [5, 5.41) is 20.6. The second kappa shape index (κ2) is 8.31. The van der Waals surface area contributed by atoms with Crippen LogP contribution in [0.3, 0.4) is 0 Å². The quantitative estimate of drug-likeness (QED) is 0.722. The van der Waals surface area contributed by atoms with Crippen LogP contribution in [0.2, 0.25) is 18.1 Å². The van der Waals surface area contributed by atoms with Gasteiger partial charge in [0.15, 0.2) is 8.32 Å². The van der Waals surface area contributed by atoms with E-state index in [9.17, 15) is 10.2 Å². The lowest BCUT2D eigenvalue weighted by Gasteiger charge is -2.36. The smallest absolute Gasteiger partial charge is 0.191 e. The maximum absolute atomic E-state index is 10.3. The Morgan fingerprint density at radius 2 is 1.76 bits per heavy atom. The molecule has 4 nitrogen and oxygen atoms in total. The monoisotopic (exact) mass is 366 g/mol. The van der Waals surface area contributed by atoms with Crippen LogP contribution in [-0.2, 0) is 15.8 Å². The van der Waals surface area contributed by atoms with E-state index in [1.807, 2.05) is 30.3 Å². The second-order valence-electron chi connectivity index (χ2n) is 8.69. The van der Waals surface area contributed by atoms with Crippen molar-refractivity contribution in [3.63, 3.8) is 0 Å². The molecule has 0 heterocycles. The molecular formula is C20H34O4Si. The van der Waals surface area contributed by atoms with Gasteiger partial charge in [-0.05, 0) is 30.1 Å². The summed E-state index contributed by atoms with van der Waals surface area (Å²) >= 11 is 0.